The number of rotatable bonds is 6. The largest absolute Gasteiger partial charge is 0.465 e. The van der Waals surface area contributed by atoms with Gasteiger partial charge in [-0.3, -0.25) is 14.3 Å². The Bertz CT molecular complexity index is 1150. The number of hydrogen-bond acceptors (Lipinski definition) is 6. The van der Waals surface area contributed by atoms with E-state index in [0.717, 1.165) is 22.7 Å². The third-order valence-electron chi connectivity index (χ3n) is 4.49. The zero-order valence-corrected chi connectivity index (χ0v) is 18.9. The van der Waals surface area contributed by atoms with E-state index < -0.39 is 12.0 Å². The quantitative estimate of drug-likeness (QED) is 0.529. The summed E-state index contributed by atoms with van der Waals surface area (Å²) in [5.74, 6) is -1.15. The molecular formula is C21H21ClN4O4S. The average Bonchev–Trinajstić information content (AvgIpc) is 3.35. The summed E-state index contributed by atoms with van der Waals surface area (Å²) in [5.41, 5.74) is 2.59. The Labute approximate surface area is 188 Å². The van der Waals surface area contributed by atoms with Gasteiger partial charge in [0.05, 0.1) is 28.4 Å². The third kappa shape index (κ3) is 5.12. The number of ether oxygens (including phenoxy) is 1. The van der Waals surface area contributed by atoms with Crippen molar-refractivity contribution in [1.29, 1.82) is 0 Å². The Kier molecular flexibility index (Phi) is 6.77. The summed E-state index contributed by atoms with van der Waals surface area (Å²) in [6, 6.07) is 9.23. The molecule has 0 aliphatic heterocycles. The normalized spacial score (nSPS) is 11.6. The summed E-state index contributed by atoms with van der Waals surface area (Å²) in [6.45, 7) is 5.50. The zero-order valence-electron chi connectivity index (χ0n) is 17.4. The van der Waals surface area contributed by atoms with Crippen LogP contribution in [0.2, 0.25) is 5.02 Å². The number of aromatic nitrogens is 2. The molecule has 2 heterocycles. The zero-order chi connectivity index (χ0) is 22.7. The lowest BCUT2D eigenvalue weighted by Crippen LogP contribution is -2.25. The summed E-state index contributed by atoms with van der Waals surface area (Å²) < 4.78 is 6.29. The Morgan fingerprint density at radius 1 is 1.10 bits per heavy atom. The molecule has 162 valence electrons. The molecule has 2 amide bonds. The maximum Gasteiger partial charge on any atom is 0.348 e. The molecule has 1 atom stereocenters. The van der Waals surface area contributed by atoms with Crippen molar-refractivity contribution in [3.8, 4) is 0 Å². The predicted octanol–water partition coefficient (Wildman–Crippen LogP) is 4.45. The van der Waals surface area contributed by atoms with Crippen molar-refractivity contribution in [3.05, 3.63) is 62.6 Å². The number of methoxy groups -OCH3 is 1. The molecule has 0 spiro atoms. The minimum absolute atomic E-state index is 0.265. The highest BCUT2D eigenvalue weighted by Gasteiger charge is 2.19. The maximum absolute atomic E-state index is 12.6. The smallest absolute Gasteiger partial charge is 0.348 e. The Morgan fingerprint density at radius 3 is 2.42 bits per heavy atom. The van der Waals surface area contributed by atoms with Crippen LogP contribution in [-0.2, 0) is 9.53 Å². The van der Waals surface area contributed by atoms with Crippen LogP contribution in [0.3, 0.4) is 0 Å². The number of aryl methyl sites for hydroxylation is 2. The predicted molar refractivity (Wildman–Crippen MR) is 120 cm³/mol. The minimum Gasteiger partial charge on any atom is -0.465 e. The lowest BCUT2D eigenvalue weighted by Gasteiger charge is -2.15. The molecule has 0 bridgehead atoms. The standard InChI is InChI=1S/C21H21ClN4O4S/c1-11-9-12(2)26(25-11)13(3)19(27)24-16-6-5-14(10-15(16)22)23-20(28)17-7-8-18(31-17)21(29)30-4/h5-10,13H,1-4H3,(H,23,28)(H,24,27). The highest BCUT2D eigenvalue weighted by atomic mass is 35.5. The van der Waals surface area contributed by atoms with Crippen LogP contribution in [0, 0.1) is 13.8 Å². The van der Waals surface area contributed by atoms with Crippen LogP contribution < -0.4 is 10.6 Å². The van der Waals surface area contributed by atoms with Gasteiger partial charge in [0.1, 0.15) is 10.9 Å². The van der Waals surface area contributed by atoms with E-state index in [1.165, 1.54) is 19.2 Å². The molecule has 2 N–H and O–H groups in total. The van der Waals surface area contributed by atoms with Crippen molar-refractivity contribution >= 4 is 52.1 Å². The molecule has 0 fully saturated rings. The molecule has 8 nitrogen and oxygen atoms in total. The number of benzene rings is 1. The summed E-state index contributed by atoms with van der Waals surface area (Å²) in [5, 5.41) is 10.1. The van der Waals surface area contributed by atoms with E-state index in [1.807, 2.05) is 19.9 Å². The molecule has 10 heteroatoms. The number of nitrogens with zero attached hydrogens (tertiary/aromatic N) is 2. The molecule has 0 aliphatic rings. The second-order valence-electron chi connectivity index (χ2n) is 6.84. The fourth-order valence-corrected chi connectivity index (χ4v) is 3.99. The molecule has 0 aliphatic carbocycles. The molecule has 1 unspecified atom stereocenters. The van der Waals surface area contributed by atoms with E-state index in [-0.39, 0.29) is 16.8 Å². The summed E-state index contributed by atoms with van der Waals surface area (Å²) in [4.78, 5) is 37.3. The van der Waals surface area contributed by atoms with E-state index in [4.69, 9.17) is 11.6 Å². The molecule has 1 aromatic carbocycles. The van der Waals surface area contributed by atoms with Crippen LogP contribution in [0.15, 0.2) is 36.4 Å². The van der Waals surface area contributed by atoms with Crippen LogP contribution in [0.4, 0.5) is 11.4 Å². The molecule has 2 aromatic heterocycles. The van der Waals surface area contributed by atoms with E-state index >= 15 is 0 Å². The van der Waals surface area contributed by atoms with Crippen LogP contribution in [0.25, 0.3) is 0 Å². The van der Waals surface area contributed by atoms with Gasteiger partial charge >= 0.3 is 5.97 Å². The first kappa shape index (κ1) is 22.5. The fraction of sp³-hybridized carbons (Fsp3) is 0.238. The van der Waals surface area contributed by atoms with E-state index in [9.17, 15) is 14.4 Å². The monoisotopic (exact) mass is 460 g/mol. The topological polar surface area (TPSA) is 102 Å². The number of anilines is 2. The van der Waals surface area contributed by atoms with Gasteiger partial charge in [0.2, 0.25) is 5.91 Å². The van der Waals surface area contributed by atoms with Crippen molar-refractivity contribution in [3.63, 3.8) is 0 Å². The van der Waals surface area contributed by atoms with E-state index in [1.54, 1.807) is 29.8 Å². The van der Waals surface area contributed by atoms with E-state index in [2.05, 4.69) is 20.5 Å². The van der Waals surface area contributed by atoms with Gasteiger partial charge < -0.3 is 15.4 Å². The highest BCUT2D eigenvalue weighted by Crippen LogP contribution is 2.27. The first-order valence-corrected chi connectivity index (χ1v) is 10.5. The fourth-order valence-electron chi connectivity index (χ4n) is 2.94. The van der Waals surface area contributed by atoms with Crippen LogP contribution in [-0.4, -0.2) is 34.7 Å². The summed E-state index contributed by atoms with van der Waals surface area (Å²) >= 11 is 7.33. The number of nitrogens with one attached hydrogen (secondary N) is 2. The molecule has 0 radical (unpaired) electrons. The lowest BCUT2D eigenvalue weighted by molar-refractivity contribution is -0.119. The van der Waals surface area contributed by atoms with Crippen molar-refractivity contribution in [2.24, 2.45) is 0 Å². The second-order valence-corrected chi connectivity index (χ2v) is 8.33. The number of esters is 1. The van der Waals surface area contributed by atoms with Gasteiger partial charge in [-0.1, -0.05) is 11.6 Å². The van der Waals surface area contributed by atoms with Crippen molar-refractivity contribution in [2.45, 2.75) is 26.8 Å². The number of amides is 2. The van der Waals surface area contributed by atoms with Gasteiger partial charge in [0.15, 0.2) is 0 Å². The van der Waals surface area contributed by atoms with Crippen LogP contribution >= 0.6 is 22.9 Å². The first-order valence-electron chi connectivity index (χ1n) is 9.32. The van der Waals surface area contributed by atoms with Crippen LogP contribution in [0.5, 0.6) is 0 Å². The van der Waals surface area contributed by atoms with Gasteiger partial charge in [0, 0.05) is 11.4 Å². The number of thiophene rings is 1. The van der Waals surface area contributed by atoms with Gasteiger partial charge in [-0.05, 0) is 57.2 Å². The Balaban J connectivity index is 1.67. The number of hydrogen-bond donors (Lipinski definition) is 2. The highest BCUT2D eigenvalue weighted by molar-refractivity contribution is 7.16. The molecular weight excluding hydrogens is 440 g/mol. The molecule has 31 heavy (non-hydrogen) atoms. The van der Waals surface area contributed by atoms with Crippen molar-refractivity contribution in [1.82, 2.24) is 9.78 Å². The van der Waals surface area contributed by atoms with Gasteiger partial charge in [-0.25, -0.2) is 4.79 Å². The molecule has 0 saturated carbocycles. The summed E-state index contributed by atoms with van der Waals surface area (Å²) in [6.07, 6.45) is 0. The summed E-state index contributed by atoms with van der Waals surface area (Å²) in [7, 11) is 1.28. The number of carbonyl (C=O) groups excluding carboxylic acids is 3. The van der Waals surface area contributed by atoms with Gasteiger partial charge in [-0.15, -0.1) is 11.3 Å². The number of halogens is 1. The number of carbonyl (C=O) groups is 3. The van der Waals surface area contributed by atoms with E-state index in [0.29, 0.717) is 21.1 Å². The lowest BCUT2D eigenvalue weighted by atomic mass is 10.2. The Morgan fingerprint density at radius 2 is 1.81 bits per heavy atom. The second kappa shape index (κ2) is 9.32. The SMILES string of the molecule is COC(=O)c1ccc(C(=O)Nc2ccc(NC(=O)C(C)n3nc(C)cc3C)c(Cl)c2)s1. The van der Waals surface area contributed by atoms with Crippen LogP contribution in [0.1, 0.15) is 43.7 Å². The van der Waals surface area contributed by atoms with Crippen molar-refractivity contribution in [2.75, 3.05) is 17.7 Å². The third-order valence-corrected chi connectivity index (χ3v) is 5.87. The molecule has 3 aromatic rings. The first-order chi connectivity index (χ1) is 14.7. The van der Waals surface area contributed by atoms with Gasteiger partial charge in [0.25, 0.3) is 5.91 Å². The Hall–Kier alpha value is -3.17. The average molecular weight is 461 g/mol. The maximum atomic E-state index is 12.6. The van der Waals surface area contributed by atoms with Crippen molar-refractivity contribution < 1.29 is 19.1 Å². The molecule has 3 rings (SSSR count). The molecule has 0 saturated heterocycles. The van der Waals surface area contributed by atoms with Gasteiger partial charge in [-0.2, -0.15) is 5.10 Å². The minimum atomic E-state index is -0.521.